The number of carbonyl (C=O) groups is 2. The number of carboxylic acids is 1. The highest BCUT2D eigenvalue weighted by atomic mass is 32.2. The molecule has 1 atom stereocenters. The zero-order chi connectivity index (χ0) is 15.8. The van der Waals surface area contributed by atoms with Gasteiger partial charge in [-0.25, -0.2) is 0 Å². The number of carbonyl (C=O) groups excluding carboxylic acids is 1. The van der Waals surface area contributed by atoms with Gasteiger partial charge < -0.3 is 10.4 Å². The average molecular weight is 311 g/mol. The molecular formula is C15H21NO4S. The van der Waals surface area contributed by atoms with Crippen molar-refractivity contribution in [2.45, 2.75) is 44.0 Å². The van der Waals surface area contributed by atoms with E-state index in [1.165, 1.54) is 0 Å². The van der Waals surface area contributed by atoms with Gasteiger partial charge >= 0.3 is 5.97 Å². The van der Waals surface area contributed by atoms with Crippen molar-refractivity contribution in [3.63, 3.8) is 0 Å². The molecule has 21 heavy (non-hydrogen) atoms. The van der Waals surface area contributed by atoms with Crippen LogP contribution in [-0.2, 0) is 26.8 Å². The maximum Gasteiger partial charge on any atom is 0.307 e. The molecule has 1 unspecified atom stereocenters. The Balaban J connectivity index is 2.59. The molecule has 2 N–H and O–H groups in total. The van der Waals surface area contributed by atoms with E-state index in [-0.39, 0.29) is 24.1 Å². The molecule has 0 spiro atoms. The highest BCUT2D eigenvalue weighted by Gasteiger charge is 2.13. The lowest BCUT2D eigenvalue weighted by Gasteiger charge is -2.14. The Morgan fingerprint density at radius 2 is 1.76 bits per heavy atom. The molecule has 6 heteroatoms. The molecule has 0 aliphatic carbocycles. The van der Waals surface area contributed by atoms with Gasteiger partial charge in [0.15, 0.2) is 0 Å². The predicted molar refractivity (Wildman–Crippen MR) is 81.6 cm³/mol. The van der Waals surface area contributed by atoms with E-state index in [0.717, 1.165) is 12.8 Å². The minimum atomic E-state index is -1.41. The number of carboxylic acid groups (broad SMARTS) is 1. The number of benzene rings is 1. The molecular weight excluding hydrogens is 290 g/mol. The van der Waals surface area contributed by atoms with Gasteiger partial charge in [-0.2, -0.15) is 0 Å². The van der Waals surface area contributed by atoms with Crippen molar-refractivity contribution in [2.75, 3.05) is 5.75 Å². The normalized spacial score (nSPS) is 12.1. The largest absolute Gasteiger partial charge is 0.481 e. The fraction of sp³-hybridized carbons (Fsp3) is 0.467. The zero-order valence-electron chi connectivity index (χ0n) is 12.3. The van der Waals surface area contributed by atoms with Gasteiger partial charge in [0.2, 0.25) is 5.91 Å². The van der Waals surface area contributed by atoms with Gasteiger partial charge in [0, 0.05) is 10.9 Å². The lowest BCUT2D eigenvalue weighted by atomic mass is 10.2. The summed E-state index contributed by atoms with van der Waals surface area (Å²) in [5.74, 6) is -1.21. The van der Waals surface area contributed by atoms with E-state index in [1.54, 1.807) is 24.3 Å². The van der Waals surface area contributed by atoms with Crippen LogP contribution in [0.4, 0.5) is 0 Å². The molecule has 1 amide bonds. The maximum atomic E-state index is 12.1. The van der Waals surface area contributed by atoms with Gasteiger partial charge in [-0.15, -0.1) is 0 Å². The molecule has 1 rings (SSSR count). The summed E-state index contributed by atoms with van der Waals surface area (Å²) >= 11 is 0. The van der Waals surface area contributed by atoms with E-state index < -0.39 is 16.8 Å². The molecule has 0 heterocycles. The first-order chi connectivity index (χ1) is 9.96. The smallest absolute Gasteiger partial charge is 0.307 e. The van der Waals surface area contributed by atoms with E-state index in [0.29, 0.717) is 10.5 Å². The van der Waals surface area contributed by atoms with E-state index >= 15 is 0 Å². The van der Waals surface area contributed by atoms with Gasteiger partial charge in [0.25, 0.3) is 0 Å². The third kappa shape index (κ3) is 6.08. The monoisotopic (exact) mass is 311 g/mol. The first-order valence-corrected chi connectivity index (χ1v) is 8.26. The van der Waals surface area contributed by atoms with Crippen molar-refractivity contribution in [3.8, 4) is 0 Å². The summed E-state index contributed by atoms with van der Waals surface area (Å²) < 4.78 is 12.1. The van der Waals surface area contributed by atoms with Crippen LogP contribution in [0.2, 0.25) is 0 Å². The van der Waals surface area contributed by atoms with Crippen molar-refractivity contribution < 1.29 is 18.9 Å². The Kier molecular flexibility index (Phi) is 7.08. The predicted octanol–water partition coefficient (Wildman–Crippen LogP) is 1.73. The number of hydrogen-bond donors (Lipinski definition) is 2. The molecule has 1 aromatic rings. The average Bonchev–Trinajstić information content (AvgIpc) is 2.44. The number of rotatable bonds is 8. The van der Waals surface area contributed by atoms with Crippen molar-refractivity contribution in [1.82, 2.24) is 5.32 Å². The lowest BCUT2D eigenvalue weighted by molar-refractivity contribution is -0.136. The molecule has 0 bridgehead atoms. The van der Waals surface area contributed by atoms with Crippen molar-refractivity contribution >= 4 is 22.7 Å². The quantitative estimate of drug-likeness (QED) is 0.766. The Labute approximate surface area is 127 Å². The second-order valence-corrected chi connectivity index (χ2v) is 6.24. The number of hydrogen-bond acceptors (Lipinski definition) is 3. The summed E-state index contributed by atoms with van der Waals surface area (Å²) in [6, 6.07) is 6.59. The topological polar surface area (TPSA) is 83.5 Å². The third-order valence-electron chi connectivity index (χ3n) is 3.15. The van der Waals surface area contributed by atoms with E-state index in [4.69, 9.17) is 5.11 Å². The van der Waals surface area contributed by atoms with Crippen molar-refractivity contribution in [2.24, 2.45) is 0 Å². The van der Waals surface area contributed by atoms with E-state index in [2.05, 4.69) is 5.32 Å². The Hall–Kier alpha value is -1.69. The van der Waals surface area contributed by atoms with Gasteiger partial charge in [-0.3, -0.25) is 13.8 Å². The van der Waals surface area contributed by atoms with Crippen LogP contribution >= 0.6 is 0 Å². The fourth-order valence-electron chi connectivity index (χ4n) is 1.90. The summed E-state index contributed by atoms with van der Waals surface area (Å²) in [6.07, 6.45) is 1.62. The summed E-state index contributed by atoms with van der Waals surface area (Å²) in [5, 5.41) is 11.5. The van der Waals surface area contributed by atoms with Gasteiger partial charge in [0.05, 0.1) is 17.2 Å². The van der Waals surface area contributed by atoms with Gasteiger partial charge in [-0.1, -0.05) is 26.0 Å². The lowest BCUT2D eigenvalue weighted by Crippen LogP contribution is -2.36. The summed E-state index contributed by atoms with van der Waals surface area (Å²) in [5.41, 5.74) is 0.643. The van der Waals surface area contributed by atoms with Crippen LogP contribution in [-0.4, -0.2) is 33.0 Å². The van der Waals surface area contributed by atoms with Crippen LogP contribution in [0.25, 0.3) is 0 Å². The van der Waals surface area contributed by atoms with Gasteiger partial charge in [-0.05, 0) is 30.5 Å². The highest BCUT2D eigenvalue weighted by Crippen LogP contribution is 2.10. The molecule has 0 fully saturated rings. The number of aliphatic carboxylic acids is 1. The third-order valence-corrected chi connectivity index (χ3v) is 4.48. The summed E-state index contributed by atoms with van der Waals surface area (Å²) in [6.45, 7) is 3.99. The Bertz CT molecular complexity index is 509. The van der Waals surface area contributed by atoms with Crippen LogP contribution in [0.15, 0.2) is 29.2 Å². The molecule has 0 saturated carbocycles. The first kappa shape index (κ1) is 17.4. The molecule has 0 aliphatic heterocycles. The van der Waals surface area contributed by atoms with Gasteiger partial charge in [0.1, 0.15) is 5.75 Å². The molecule has 0 radical (unpaired) electrons. The fourth-order valence-corrected chi connectivity index (χ4v) is 2.83. The standard InChI is InChI=1S/C15H21NO4S/c1-3-12(4-2)16-14(17)10-21(20)13-7-5-11(6-8-13)9-15(18)19/h5-8,12H,3-4,9-10H2,1-2H3,(H,16,17)(H,18,19). The second-order valence-electron chi connectivity index (χ2n) is 4.79. The van der Waals surface area contributed by atoms with E-state index in [9.17, 15) is 13.8 Å². The van der Waals surface area contributed by atoms with E-state index in [1.807, 2.05) is 13.8 Å². The first-order valence-electron chi connectivity index (χ1n) is 6.94. The number of nitrogens with one attached hydrogen (secondary N) is 1. The summed E-state index contributed by atoms with van der Waals surface area (Å²) in [4.78, 5) is 22.9. The minimum absolute atomic E-state index is 0.0674. The zero-order valence-corrected chi connectivity index (χ0v) is 13.1. The van der Waals surface area contributed by atoms with Crippen molar-refractivity contribution in [3.05, 3.63) is 29.8 Å². The van der Waals surface area contributed by atoms with Crippen molar-refractivity contribution in [1.29, 1.82) is 0 Å². The molecule has 1 aromatic carbocycles. The van der Waals surface area contributed by atoms with Crippen LogP contribution in [0.5, 0.6) is 0 Å². The molecule has 0 saturated heterocycles. The maximum absolute atomic E-state index is 12.1. The SMILES string of the molecule is CCC(CC)NC(=O)CS(=O)c1ccc(CC(=O)O)cc1. The highest BCUT2D eigenvalue weighted by molar-refractivity contribution is 7.85. The summed E-state index contributed by atoms with van der Waals surface area (Å²) in [7, 11) is -1.41. The minimum Gasteiger partial charge on any atom is -0.481 e. The molecule has 5 nitrogen and oxygen atoms in total. The van der Waals surface area contributed by atoms with Crippen LogP contribution < -0.4 is 5.32 Å². The molecule has 116 valence electrons. The Morgan fingerprint density at radius 1 is 1.19 bits per heavy atom. The second kappa shape index (κ2) is 8.56. The molecule has 0 aliphatic rings. The van der Waals surface area contributed by atoms with Crippen LogP contribution in [0.3, 0.4) is 0 Å². The Morgan fingerprint density at radius 3 is 2.24 bits per heavy atom. The number of amides is 1. The van der Waals surface area contributed by atoms with Crippen LogP contribution in [0.1, 0.15) is 32.3 Å². The molecule has 0 aromatic heterocycles. The van der Waals surface area contributed by atoms with Crippen LogP contribution in [0, 0.1) is 0 Å².